The Kier molecular flexibility index (Phi) is 4.05. The van der Waals surface area contributed by atoms with E-state index >= 15 is 0 Å². The van der Waals surface area contributed by atoms with Gasteiger partial charge in [-0.15, -0.1) is 0 Å². The summed E-state index contributed by atoms with van der Waals surface area (Å²) in [7, 11) is 0. The molecule has 4 rings (SSSR count). The molecule has 0 atom stereocenters. The van der Waals surface area contributed by atoms with Crippen LogP contribution in [0.5, 0.6) is 0 Å². The molecule has 3 heterocycles. The molecule has 0 bridgehead atoms. The molecule has 3 nitrogen and oxygen atoms in total. The van der Waals surface area contributed by atoms with Gasteiger partial charge in [0.05, 0.1) is 10.2 Å². The normalized spacial score (nSPS) is 22.0. The van der Waals surface area contributed by atoms with Crippen molar-refractivity contribution in [1.82, 2.24) is 9.88 Å². The smallest absolute Gasteiger partial charge is 0.186 e. The van der Waals surface area contributed by atoms with Crippen LogP contribution in [0.2, 0.25) is 0 Å². The van der Waals surface area contributed by atoms with Crippen molar-refractivity contribution in [2.24, 2.45) is 0 Å². The fraction of sp³-hybridized carbons (Fsp3) is 0.562. The number of aromatic nitrogens is 1. The number of thioether (sulfide) groups is 1. The van der Waals surface area contributed by atoms with Crippen LogP contribution >= 0.6 is 23.1 Å². The van der Waals surface area contributed by atoms with E-state index in [2.05, 4.69) is 45.8 Å². The van der Waals surface area contributed by atoms with Crippen LogP contribution in [-0.4, -0.2) is 53.6 Å². The van der Waals surface area contributed by atoms with Crippen molar-refractivity contribution in [2.75, 3.05) is 42.6 Å². The molecule has 21 heavy (non-hydrogen) atoms. The first kappa shape index (κ1) is 13.9. The van der Waals surface area contributed by atoms with Gasteiger partial charge in [0, 0.05) is 32.2 Å². The first-order valence-corrected chi connectivity index (χ1v) is 9.79. The summed E-state index contributed by atoms with van der Waals surface area (Å²) < 4.78 is 1.30. The highest BCUT2D eigenvalue weighted by atomic mass is 32.2. The molecule has 112 valence electrons. The molecule has 0 amide bonds. The molecule has 2 saturated heterocycles. The second-order valence-corrected chi connectivity index (χ2v) is 8.06. The van der Waals surface area contributed by atoms with Crippen LogP contribution in [0.3, 0.4) is 0 Å². The van der Waals surface area contributed by atoms with Crippen molar-refractivity contribution in [2.45, 2.75) is 18.9 Å². The lowest BCUT2D eigenvalue weighted by Crippen LogP contribution is -2.51. The fourth-order valence-corrected chi connectivity index (χ4v) is 5.42. The maximum atomic E-state index is 4.80. The van der Waals surface area contributed by atoms with Crippen LogP contribution in [0, 0.1) is 0 Å². The maximum Gasteiger partial charge on any atom is 0.186 e. The maximum absolute atomic E-state index is 4.80. The van der Waals surface area contributed by atoms with Crippen LogP contribution < -0.4 is 4.90 Å². The number of nitrogens with zero attached hydrogens (tertiary/aromatic N) is 3. The summed E-state index contributed by atoms with van der Waals surface area (Å²) in [5.41, 5.74) is 1.14. The van der Waals surface area contributed by atoms with Gasteiger partial charge in [0.2, 0.25) is 0 Å². The molecule has 1 aromatic carbocycles. The number of hydrogen-bond donors (Lipinski definition) is 0. The molecule has 0 N–H and O–H groups in total. The molecule has 0 spiro atoms. The van der Waals surface area contributed by atoms with E-state index in [4.69, 9.17) is 4.98 Å². The number of anilines is 1. The number of hydrogen-bond acceptors (Lipinski definition) is 5. The molecule has 0 saturated carbocycles. The lowest BCUT2D eigenvalue weighted by molar-refractivity contribution is 0.175. The first-order valence-electron chi connectivity index (χ1n) is 7.82. The summed E-state index contributed by atoms with van der Waals surface area (Å²) in [6, 6.07) is 9.30. The minimum atomic E-state index is 0.837. The summed E-state index contributed by atoms with van der Waals surface area (Å²) in [4.78, 5) is 9.98. The van der Waals surface area contributed by atoms with E-state index in [-0.39, 0.29) is 0 Å². The second kappa shape index (κ2) is 6.15. The number of benzene rings is 1. The quantitative estimate of drug-likeness (QED) is 0.845. The fourth-order valence-electron chi connectivity index (χ4n) is 3.32. The van der Waals surface area contributed by atoms with E-state index in [1.165, 1.54) is 47.3 Å². The van der Waals surface area contributed by atoms with Crippen molar-refractivity contribution in [3.8, 4) is 0 Å². The third kappa shape index (κ3) is 2.91. The molecule has 2 aromatic rings. The lowest BCUT2D eigenvalue weighted by atomic mass is 10.1. The largest absolute Gasteiger partial charge is 0.345 e. The minimum Gasteiger partial charge on any atom is -0.345 e. The highest BCUT2D eigenvalue weighted by Crippen LogP contribution is 2.30. The van der Waals surface area contributed by atoms with Gasteiger partial charge in [0.1, 0.15) is 0 Å². The van der Waals surface area contributed by atoms with Crippen molar-refractivity contribution in [3.63, 3.8) is 0 Å². The Labute approximate surface area is 134 Å². The van der Waals surface area contributed by atoms with Crippen LogP contribution in [-0.2, 0) is 0 Å². The van der Waals surface area contributed by atoms with E-state index in [1.807, 2.05) is 11.3 Å². The SMILES string of the molecule is c1ccc2sc(N3CCN(C4CCSCC4)CC3)nc2c1. The van der Waals surface area contributed by atoms with Gasteiger partial charge in [-0.25, -0.2) is 4.98 Å². The average molecular weight is 319 g/mol. The molecule has 2 aliphatic heterocycles. The zero-order chi connectivity index (χ0) is 14.1. The predicted molar refractivity (Wildman–Crippen MR) is 93.8 cm³/mol. The van der Waals surface area contributed by atoms with Gasteiger partial charge in [-0.1, -0.05) is 23.5 Å². The van der Waals surface area contributed by atoms with Crippen LogP contribution in [0.4, 0.5) is 5.13 Å². The number of piperazine rings is 1. The Hall–Kier alpha value is -0.780. The van der Waals surface area contributed by atoms with Crippen LogP contribution in [0.15, 0.2) is 24.3 Å². The highest BCUT2D eigenvalue weighted by Gasteiger charge is 2.26. The summed E-state index contributed by atoms with van der Waals surface area (Å²) in [5, 5.41) is 1.20. The Morgan fingerprint density at radius 1 is 1.00 bits per heavy atom. The van der Waals surface area contributed by atoms with Crippen LogP contribution in [0.25, 0.3) is 10.2 Å². The number of para-hydroxylation sites is 1. The van der Waals surface area contributed by atoms with E-state index in [0.717, 1.165) is 24.6 Å². The summed E-state index contributed by atoms with van der Waals surface area (Å²) >= 11 is 3.95. The van der Waals surface area contributed by atoms with Crippen molar-refractivity contribution in [3.05, 3.63) is 24.3 Å². The van der Waals surface area contributed by atoms with Crippen LogP contribution in [0.1, 0.15) is 12.8 Å². The Bertz CT molecular complexity index is 565. The van der Waals surface area contributed by atoms with E-state index in [9.17, 15) is 0 Å². The third-order valence-corrected chi connectivity index (χ3v) is 6.72. The Morgan fingerprint density at radius 3 is 2.52 bits per heavy atom. The third-order valence-electron chi connectivity index (χ3n) is 4.57. The number of thiazole rings is 1. The second-order valence-electron chi connectivity index (χ2n) is 5.83. The zero-order valence-electron chi connectivity index (χ0n) is 12.2. The lowest BCUT2D eigenvalue weighted by Gasteiger charge is -2.40. The van der Waals surface area contributed by atoms with E-state index < -0.39 is 0 Å². The molecule has 0 unspecified atom stereocenters. The monoisotopic (exact) mass is 319 g/mol. The van der Waals surface area contributed by atoms with Gasteiger partial charge in [-0.2, -0.15) is 11.8 Å². The van der Waals surface area contributed by atoms with Crippen molar-refractivity contribution >= 4 is 38.4 Å². The average Bonchev–Trinajstić information content (AvgIpc) is 3.00. The summed E-state index contributed by atoms with van der Waals surface area (Å²) in [5.74, 6) is 2.70. The standard InChI is InChI=1S/C16H21N3S2/c1-2-4-15-14(3-1)17-16(21-15)19-9-7-18(8-10-19)13-5-11-20-12-6-13/h1-4,13H,5-12H2. The van der Waals surface area contributed by atoms with Gasteiger partial charge in [-0.05, 0) is 36.5 Å². The molecule has 0 aliphatic carbocycles. The van der Waals surface area contributed by atoms with Crippen molar-refractivity contribution in [1.29, 1.82) is 0 Å². The van der Waals surface area contributed by atoms with E-state index in [1.54, 1.807) is 0 Å². The molecule has 0 radical (unpaired) electrons. The number of fused-ring (bicyclic) bond motifs is 1. The predicted octanol–water partition coefficient (Wildman–Crippen LogP) is 3.31. The number of rotatable bonds is 2. The van der Waals surface area contributed by atoms with Gasteiger partial charge in [0.15, 0.2) is 5.13 Å². The van der Waals surface area contributed by atoms with E-state index in [0.29, 0.717) is 0 Å². The first-order chi connectivity index (χ1) is 10.4. The van der Waals surface area contributed by atoms with Gasteiger partial charge < -0.3 is 4.90 Å². The highest BCUT2D eigenvalue weighted by molar-refractivity contribution is 7.99. The Balaban J connectivity index is 1.42. The van der Waals surface area contributed by atoms with Gasteiger partial charge >= 0.3 is 0 Å². The molecule has 1 aromatic heterocycles. The minimum absolute atomic E-state index is 0.837. The molecular formula is C16H21N3S2. The Morgan fingerprint density at radius 2 is 1.76 bits per heavy atom. The summed E-state index contributed by atoms with van der Waals surface area (Å²) in [6.07, 6.45) is 2.76. The zero-order valence-corrected chi connectivity index (χ0v) is 13.8. The topological polar surface area (TPSA) is 19.4 Å². The van der Waals surface area contributed by atoms with Gasteiger partial charge in [-0.3, -0.25) is 4.90 Å². The molecule has 2 aliphatic rings. The molecular weight excluding hydrogens is 298 g/mol. The van der Waals surface area contributed by atoms with Gasteiger partial charge in [0.25, 0.3) is 0 Å². The molecule has 2 fully saturated rings. The van der Waals surface area contributed by atoms with Crippen molar-refractivity contribution < 1.29 is 0 Å². The summed E-state index contributed by atoms with van der Waals surface area (Å²) in [6.45, 7) is 4.66. The molecule has 5 heteroatoms.